The Hall–Kier alpha value is -0.900. The van der Waals surface area contributed by atoms with Crippen molar-refractivity contribution in [2.24, 2.45) is 11.8 Å². The molecule has 1 heterocycles. The minimum absolute atomic E-state index is 0.275. The smallest absolute Gasteiger partial charge is 0.138 e. The summed E-state index contributed by atoms with van der Waals surface area (Å²) in [4.78, 5) is 4.21. The maximum atomic E-state index is 10.1. The van der Waals surface area contributed by atoms with Gasteiger partial charge in [0.15, 0.2) is 0 Å². The van der Waals surface area contributed by atoms with Crippen LogP contribution in [0.5, 0.6) is 0 Å². The Morgan fingerprint density at radius 1 is 1.25 bits per heavy atom. The fourth-order valence-electron chi connectivity index (χ4n) is 1.67. The van der Waals surface area contributed by atoms with E-state index in [-0.39, 0.29) is 12.0 Å². The van der Waals surface area contributed by atoms with Crippen molar-refractivity contribution in [3.8, 4) is 0 Å². The topological polar surface area (TPSA) is 50.9 Å². The van der Waals surface area contributed by atoms with E-state index in [4.69, 9.17) is 0 Å². The number of hydrogen-bond donors (Lipinski definition) is 1. The lowest BCUT2D eigenvalue weighted by Crippen LogP contribution is -2.26. The van der Waals surface area contributed by atoms with E-state index in [9.17, 15) is 5.11 Å². The zero-order valence-corrected chi connectivity index (χ0v) is 10.9. The van der Waals surface area contributed by atoms with Crippen LogP contribution in [0.4, 0.5) is 0 Å². The van der Waals surface area contributed by atoms with Crippen molar-refractivity contribution in [2.45, 2.75) is 53.2 Å². The van der Waals surface area contributed by atoms with Crippen LogP contribution in [-0.2, 0) is 6.42 Å². The molecule has 0 saturated heterocycles. The first-order valence-electron chi connectivity index (χ1n) is 6.00. The van der Waals surface area contributed by atoms with E-state index in [2.05, 4.69) is 44.7 Å². The Bertz CT molecular complexity index is 320. The highest BCUT2D eigenvalue weighted by molar-refractivity contribution is 4.90. The van der Waals surface area contributed by atoms with Gasteiger partial charge in [0.25, 0.3) is 0 Å². The SMILES string of the molecule is CC(C)C(C)C(O)Cc1ncnn1C(C)C. The quantitative estimate of drug-likeness (QED) is 0.834. The van der Waals surface area contributed by atoms with Gasteiger partial charge < -0.3 is 5.11 Å². The average Bonchev–Trinajstić information content (AvgIpc) is 2.64. The molecule has 0 spiro atoms. The molecule has 16 heavy (non-hydrogen) atoms. The number of rotatable bonds is 5. The molecule has 1 rings (SSSR count). The third-order valence-electron chi connectivity index (χ3n) is 3.19. The van der Waals surface area contributed by atoms with Crippen LogP contribution in [-0.4, -0.2) is 26.0 Å². The molecular formula is C12H23N3O. The maximum Gasteiger partial charge on any atom is 0.138 e. The molecule has 1 N–H and O–H groups in total. The summed E-state index contributed by atoms with van der Waals surface area (Å²) < 4.78 is 1.87. The molecule has 0 saturated carbocycles. The highest BCUT2D eigenvalue weighted by atomic mass is 16.3. The molecule has 0 amide bonds. The molecule has 2 atom stereocenters. The van der Waals surface area contributed by atoms with E-state index in [0.717, 1.165) is 5.82 Å². The third-order valence-corrected chi connectivity index (χ3v) is 3.19. The van der Waals surface area contributed by atoms with Crippen LogP contribution in [0.2, 0.25) is 0 Å². The number of aliphatic hydroxyl groups excluding tert-OH is 1. The van der Waals surface area contributed by atoms with Gasteiger partial charge in [-0.2, -0.15) is 5.10 Å². The van der Waals surface area contributed by atoms with E-state index in [0.29, 0.717) is 18.4 Å². The molecule has 2 unspecified atom stereocenters. The van der Waals surface area contributed by atoms with Crippen LogP contribution in [0.25, 0.3) is 0 Å². The summed E-state index contributed by atoms with van der Waals surface area (Å²) in [5.41, 5.74) is 0. The summed E-state index contributed by atoms with van der Waals surface area (Å²) in [6.07, 6.45) is 1.79. The Balaban J connectivity index is 2.69. The number of aliphatic hydroxyl groups is 1. The lowest BCUT2D eigenvalue weighted by molar-refractivity contribution is 0.0889. The minimum atomic E-state index is -0.346. The second-order valence-electron chi connectivity index (χ2n) is 5.09. The molecule has 0 bridgehead atoms. The first kappa shape index (κ1) is 13.2. The standard InChI is InChI=1S/C12H23N3O/c1-8(2)10(5)11(16)6-12-13-7-14-15(12)9(3)4/h7-11,16H,6H2,1-5H3. The van der Waals surface area contributed by atoms with E-state index >= 15 is 0 Å². The van der Waals surface area contributed by atoms with Gasteiger partial charge in [-0.05, 0) is 25.7 Å². The van der Waals surface area contributed by atoms with Crippen molar-refractivity contribution in [1.82, 2.24) is 14.8 Å². The van der Waals surface area contributed by atoms with Crippen LogP contribution in [0.1, 0.15) is 46.5 Å². The molecule has 0 aliphatic heterocycles. The molecule has 4 nitrogen and oxygen atoms in total. The molecule has 1 aromatic heterocycles. The Morgan fingerprint density at radius 3 is 2.38 bits per heavy atom. The van der Waals surface area contributed by atoms with Crippen LogP contribution < -0.4 is 0 Å². The fourth-order valence-corrected chi connectivity index (χ4v) is 1.67. The van der Waals surface area contributed by atoms with Crippen molar-refractivity contribution in [2.75, 3.05) is 0 Å². The second-order valence-corrected chi connectivity index (χ2v) is 5.09. The summed E-state index contributed by atoms with van der Waals surface area (Å²) in [5, 5.41) is 14.3. The van der Waals surface area contributed by atoms with Gasteiger partial charge in [-0.15, -0.1) is 0 Å². The first-order chi connectivity index (χ1) is 7.43. The monoisotopic (exact) mass is 225 g/mol. The summed E-state index contributed by atoms with van der Waals surface area (Å²) in [5.74, 6) is 1.62. The Morgan fingerprint density at radius 2 is 1.88 bits per heavy atom. The molecule has 0 radical (unpaired) electrons. The van der Waals surface area contributed by atoms with Crippen LogP contribution in [0, 0.1) is 11.8 Å². The van der Waals surface area contributed by atoms with E-state index in [1.54, 1.807) is 6.33 Å². The van der Waals surface area contributed by atoms with Crippen molar-refractivity contribution in [3.05, 3.63) is 12.2 Å². The molecule has 0 fully saturated rings. The normalized spacial score (nSPS) is 15.8. The molecule has 92 valence electrons. The number of nitrogens with zero attached hydrogens (tertiary/aromatic N) is 3. The average molecular weight is 225 g/mol. The van der Waals surface area contributed by atoms with Crippen molar-refractivity contribution in [3.63, 3.8) is 0 Å². The third kappa shape index (κ3) is 3.04. The molecule has 1 aromatic rings. The Labute approximate surface area is 97.7 Å². The lowest BCUT2D eigenvalue weighted by atomic mass is 9.90. The lowest BCUT2D eigenvalue weighted by Gasteiger charge is -2.22. The summed E-state index contributed by atoms with van der Waals surface area (Å²) in [7, 11) is 0. The van der Waals surface area contributed by atoms with Gasteiger partial charge in [-0.1, -0.05) is 20.8 Å². The largest absolute Gasteiger partial charge is 0.392 e. The second kappa shape index (κ2) is 5.43. The predicted octanol–water partition coefficient (Wildman–Crippen LogP) is 2.05. The van der Waals surface area contributed by atoms with Crippen molar-refractivity contribution in [1.29, 1.82) is 0 Å². The van der Waals surface area contributed by atoms with Gasteiger partial charge in [0.1, 0.15) is 12.2 Å². The molecular weight excluding hydrogens is 202 g/mol. The van der Waals surface area contributed by atoms with Gasteiger partial charge >= 0.3 is 0 Å². The molecule has 0 aromatic carbocycles. The van der Waals surface area contributed by atoms with Gasteiger partial charge in [-0.3, -0.25) is 0 Å². The summed E-state index contributed by atoms with van der Waals surface area (Å²) >= 11 is 0. The van der Waals surface area contributed by atoms with Gasteiger partial charge in [0.2, 0.25) is 0 Å². The number of aromatic nitrogens is 3. The highest BCUT2D eigenvalue weighted by Gasteiger charge is 2.20. The van der Waals surface area contributed by atoms with Crippen LogP contribution in [0.15, 0.2) is 6.33 Å². The van der Waals surface area contributed by atoms with E-state index in [1.165, 1.54) is 0 Å². The minimum Gasteiger partial charge on any atom is -0.392 e. The summed E-state index contributed by atoms with van der Waals surface area (Å²) in [6, 6.07) is 0.291. The van der Waals surface area contributed by atoms with Crippen molar-refractivity contribution < 1.29 is 5.11 Å². The molecule has 4 heteroatoms. The van der Waals surface area contributed by atoms with Crippen LogP contribution in [0.3, 0.4) is 0 Å². The highest BCUT2D eigenvalue weighted by Crippen LogP contribution is 2.18. The molecule has 0 aliphatic carbocycles. The van der Waals surface area contributed by atoms with Gasteiger partial charge in [-0.25, -0.2) is 9.67 Å². The van der Waals surface area contributed by atoms with Crippen molar-refractivity contribution >= 4 is 0 Å². The van der Waals surface area contributed by atoms with Gasteiger partial charge in [0.05, 0.1) is 6.10 Å². The van der Waals surface area contributed by atoms with Crippen LogP contribution >= 0.6 is 0 Å². The Kier molecular flexibility index (Phi) is 4.47. The number of hydrogen-bond acceptors (Lipinski definition) is 3. The first-order valence-corrected chi connectivity index (χ1v) is 6.00. The zero-order valence-electron chi connectivity index (χ0n) is 10.9. The summed E-state index contributed by atoms with van der Waals surface area (Å²) in [6.45, 7) is 10.5. The predicted molar refractivity (Wildman–Crippen MR) is 64.1 cm³/mol. The fraction of sp³-hybridized carbons (Fsp3) is 0.833. The molecule has 0 aliphatic rings. The van der Waals surface area contributed by atoms with Gasteiger partial charge in [0, 0.05) is 12.5 Å². The van der Waals surface area contributed by atoms with E-state index in [1.807, 2.05) is 4.68 Å². The van der Waals surface area contributed by atoms with E-state index < -0.39 is 0 Å². The zero-order chi connectivity index (χ0) is 12.3. The maximum absolute atomic E-state index is 10.1.